The van der Waals surface area contributed by atoms with Crippen molar-refractivity contribution in [1.29, 1.82) is 0 Å². The first-order chi connectivity index (χ1) is 8.88. The minimum atomic E-state index is -4.54. The molecule has 0 aromatic heterocycles. The van der Waals surface area contributed by atoms with E-state index in [4.69, 9.17) is 11.6 Å². The highest BCUT2D eigenvalue weighted by Gasteiger charge is 2.33. The van der Waals surface area contributed by atoms with Crippen LogP contribution in [0.3, 0.4) is 0 Å². The Kier molecular flexibility index (Phi) is 5.68. The van der Waals surface area contributed by atoms with Crippen LogP contribution in [0.5, 0.6) is 0 Å². The summed E-state index contributed by atoms with van der Waals surface area (Å²) in [5.41, 5.74) is -0.859. The number of alkyl halides is 3. The number of hydrogen-bond acceptors (Lipinski definition) is 2. The van der Waals surface area contributed by atoms with E-state index in [1.54, 1.807) is 0 Å². The third-order valence-electron chi connectivity index (χ3n) is 2.92. The summed E-state index contributed by atoms with van der Waals surface area (Å²) in [4.78, 5) is 11.8. The standard InChI is InChI=1S/C12H12ClF3N2O.ClH/c13-9-4-3-7(6-8(9)12(14,15)16)18-11(19)10-2-1-5-17-10;/h3-4,6,10,17H,1-2,5H2,(H,18,19);1H/t10-;/m0./s1. The summed E-state index contributed by atoms with van der Waals surface area (Å²) in [5.74, 6) is -0.326. The van der Waals surface area contributed by atoms with Gasteiger partial charge in [-0.2, -0.15) is 13.2 Å². The zero-order valence-electron chi connectivity index (χ0n) is 10.3. The zero-order chi connectivity index (χ0) is 14.0. The van der Waals surface area contributed by atoms with Crippen LogP contribution in [0.2, 0.25) is 5.02 Å². The highest BCUT2D eigenvalue weighted by molar-refractivity contribution is 6.31. The molecule has 1 aliphatic rings. The van der Waals surface area contributed by atoms with Crippen molar-refractivity contribution in [1.82, 2.24) is 5.32 Å². The molecule has 1 heterocycles. The van der Waals surface area contributed by atoms with Gasteiger partial charge in [-0.15, -0.1) is 12.4 Å². The Hall–Kier alpha value is -0.980. The van der Waals surface area contributed by atoms with E-state index in [9.17, 15) is 18.0 Å². The van der Waals surface area contributed by atoms with Crippen LogP contribution in [0.25, 0.3) is 0 Å². The van der Waals surface area contributed by atoms with Crippen LogP contribution < -0.4 is 10.6 Å². The van der Waals surface area contributed by atoms with Crippen LogP contribution >= 0.6 is 24.0 Å². The molecule has 0 spiro atoms. The third-order valence-corrected chi connectivity index (χ3v) is 3.25. The van der Waals surface area contributed by atoms with E-state index in [-0.39, 0.29) is 35.1 Å². The molecule has 1 atom stereocenters. The lowest BCUT2D eigenvalue weighted by Gasteiger charge is -2.14. The summed E-state index contributed by atoms with van der Waals surface area (Å²) in [6, 6.07) is 2.98. The van der Waals surface area contributed by atoms with Crippen molar-refractivity contribution < 1.29 is 18.0 Å². The molecule has 0 bridgehead atoms. The highest BCUT2D eigenvalue weighted by atomic mass is 35.5. The van der Waals surface area contributed by atoms with E-state index in [1.165, 1.54) is 6.07 Å². The van der Waals surface area contributed by atoms with Crippen molar-refractivity contribution in [2.75, 3.05) is 11.9 Å². The van der Waals surface area contributed by atoms with Crippen molar-refractivity contribution in [3.63, 3.8) is 0 Å². The monoisotopic (exact) mass is 328 g/mol. The molecule has 8 heteroatoms. The Morgan fingerprint density at radius 3 is 2.65 bits per heavy atom. The molecule has 1 aromatic carbocycles. The predicted molar refractivity (Wildman–Crippen MR) is 73.4 cm³/mol. The van der Waals surface area contributed by atoms with Crippen LogP contribution in [-0.2, 0) is 11.0 Å². The van der Waals surface area contributed by atoms with Gasteiger partial charge in [0.25, 0.3) is 0 Å². The maximum Gasteiger partial charge on any atom is 0.417 e. The van der Waals surface area contributed by atoms with Crippen LogP contribution in [-0.4, -0.2) is 18.5 Å². The SMILES string of the molecule is Cl.O=C(Nc1ccc(Cl)c(C(F)(F)F)c1)[C@@H]1CCCN1. The van der Waals surface area contributed by atoms with Crippen molar-refractivity contribution >= 4 is 35.6 Å². The molecule has 1 aromatic rings. The van der Waals surface area contributed by atoms with Gasteiger partial charge in [-0.1, -0.05) is 11.6 Å². The van der Waals surface area contributed by atoms with Crippen molar-refractivity contribution in [2.45, 2.75) is 25.1 Å². The summed E-state index contributed by atoms with van der Waals surface area (Å²) < 4.78 is 38.0. The van der Waals surface area contributed by atoms with Gasteiger partial charge in [0.05, 0.1) is 16.6 Å². The molecule has 20 heavy (non-hydrogen) atoms. The smallest absolute Gasteiger partial charge is 0.325 e. The highest BCUT2D eigenvalue weighted by Crippen LogP contribution is 2.36. The maximum atomic E-state index is 12.7. The second kappa shape index (κ2) is 6.65. The Labute approximate surface area is 125 Å². The van der Waals surface area contributed by atoms with Gasteiger partial charge in [-0.25, -0.2) is 0 Å². The van der Waals surface area contributed by atoms with E-state index < -0.39 is 11.7 Å². The fourth-order valence-electron chi connectivity index (χ4n) is 1.96. The lowest BCUT2D eigenvalue weighted by Crippen LogP contribution is -2.35. The second-order valence-electron chi connectivity index (χ2n) is 4.33. The van der Waals surface area contributed by atoms with Gasteiger partial charge in [0, 0.05) is 5.69 Å². The molecular weight excluding hydrogens is 316 g/mol. The summed E-state index contributed by atoms with van der Waals surface area (Å²) in [6.07, 6.45) is -2.97. The molecule has 112 valence electrons. The summed E-state index contributed by atoms with van der Waals surface area (Å²) in [6.45, 7) is 0.743. The number of amides is 1. The molecular formula is C12H13Cl2F3N2O. The van der Waals surface area contributed by atoms with Gasteiger partial charge in [-0.3, -0.25) is 4.79 Å². The Morgan fingerprint density at radius 1 is 1.40 bits per heavy atom. The first-order valence-electron chi connectivity index (χ1n) is 5.79. The van der Waals surface area contributed by atoms with Gasteiger partial charge >= 0.3 is 6.18 Å². The summed E-state index contributed by atoms with van der Waals surface area (Å²) >= 11 is 5.50. The number of hydrogen-bond donors (Lipinski definition) is 2. The van der Waals surface area contributed by atoms with E-state index >= 15 is 0 Å². The van der Waals surface area contributed by atoms with Gasteiger partial charge in [0.1, 0.15) is 0 Å². The van der Waals surface area contributed by atoms with Gasteiger partial charge in [0.2, 0.25) is 5.91 Å². The molecule has 0 unspecified atom stereocenters. The van der Waals surface area contributed by atoms with Crippen LogP contribution in [0, 0.1) is 0 Å². The Morgan fingerprint density at radius 2 is 2.10 bits per heavy atom. The first-order valence-corrected chi connectivity index (χ1v) is 6.17. The molecule has 2 rings (SSSR count). The zero-order valence-corrected chi connectivity index (χ0v) is 11.8. The van der Waals surface area contributed by atoms with E-state index in [2.05, 4.69) is 10.6 Å². The van der Waals surface area contributed by atoms with E-state index in [0.717, 1.165) is 25.1 Å². The van der Waals surface area contributed by atoms with Crippen LogP contribution in [0.15, 0.2) is 18.2 Å². The number of halogens is 5. The average molecular weight is 329 g/mol. The summed E-state index contributed by atoms with van der Waals surface area (Å²) in [7, 11) is 0. The molecule has 1 fully saturated rings. The molecule has 1 saturated heterocycles. The first kappa shape index (κ1) is 17.1. The van der Waals surface area contributed by atoms with Gasteiger partial charge in [-0.05, 0) is 37.6 Å². The third kappa shape index (κ3) is 4.01. The van der Waals surface area contributed by atoms with E-state index in [0.29, 0.717) is 6.42 Å². The van der Waals surface area contributed by atoms with Gasteiger partial charge in [0.15, 0.2) is 0 Å². The molecule has 1 amide bonds. The fraction of sp³-hybridized carbons (Fsp3) is 0.417. The molecule has 0 radical (unpaired) electrons. The average Bonchev–Trinajstić information content (AvgIpc) is 2.83. The lowest BCUT2D eigenvalue weighted by molar-refractivity contribution is -0.137. The van der Waals surface area contributed by atoms with Crippen molar-refractivity contribution in [3.8, 4) is 0 Å². The second-order valence-corrected chi connectivity index (χ2v) is 4.74. The predicted octanol–water partition coefficient (Wildman–Crippen LogP) is 3.47. The Bertz CT molecular complexity index is 488. The van der Waals surface area contributed by atoms with Crippen molar-refractivity contribution in [3.05, 3.63) is 28.8 Å². The molecule has 0 saturated carbocycles. The quantitative estimate of drug-likeness (QED) is 0.872. The summed E-state index contributed by atoms with van der Waals surface area (Å²) in [5, 5.41) is 5.05. The van der Waals surface area contributed by atoms with Crippen LogP contribution in [0.1, 0.15) is 18.4 Å². The number of benzene rings is 1. The Balaban J connectivity index is 0.00000200. The largest absolute Gasteiger partial charge is 0.417 e. The fourth-order valence-corrected chi connectivity index (χ4v) is 2.18. The van der Waals surface area contributed by atoms with Crippen molar-refractivity contribution in [2.24, 2.45) is 0 Å². The number of nitrogens with one attached hydrogen (secondary N) is 2. The minimum Gasteiger partial charge on any atom is -0.325 e. The normalized spacial score (nSPS) is 18.5. The number of carbonyl (C=O) groups excluding carboxylic acids is 1. The molecule has 1 aliphatic heterocycles. The molecule has 0 aliphatic carbocycles. The van der Waals surface area contributed by atoms with E-state index in [1.807, 2.05) is 0 Å². The minimum absolute atomic E-state index is 0. The molecule has 2 N–H and O–H groups in total. The molecule has 3 nitrogen and oxygen atoms in total. The maximum absolute atomic E-state index is 12.7. The number of carbonyl (C=O) groups is 1. The van der Waals surface area contributed by atoms with Crippen LogP contribution in [0.4, 0.5) is 18.9 Å². The lowest BCUT2D eigenvalue weighted by atomic mass is 10.1. The number of rotatable bonds is 2. The van der Waals surface area contributed by atoms with Gasteiger partial charge < -0.3 is 10.6 Å². The number of anilines is 1. The topological polar surface area (TPSA) is 41.1 Å².